The van der Waals surface area contributed by atoms with Crippen LogP contribution in [0.15, 0.2) is 18.2 Å². The van der Waals surface area contributed by atoms with Gasteiger partial charge in [-0.25, -0.2) is 8.78 Å². The normalized spacial score (nSPS) is 11.6. The van der Waals surface area contributed by atoms with E-state index in [1.54, 1.807) is 0 Å². The van der Waals surface area contributed by atoms with Gasteiger partial charge in [-0.05, 0) is 27.0 Å². The third-order valence-electron chi connectivity index (χ3n) is 2.42. The predicted molar refractivity (Wildman–Crippen MR) is 62.1 cm³/mol. The van der Waals surface area contributed by atoms with Gasteiger partial charge in [0.05, 0.1) is 11.5 Å². The van der Waals surface area contributed by atoms with E-state index < -0.39 is 17.0 Å². The van der Waals surface area contributed by atoms with Gasteiger partial charge in [-0.15, -0.1) is 0 Å². The van der Waals surface area contributed by atoms with E-state index in [2.05, 4.69) is 6.07 Å². The van der Waals surface area contributed by atoms with Gasteiger partial charge < -0.3 is 4.90 Å². The molecule has 92 valence electrons. The number of nitrogens with zero attached hydrogens (tertiary/aromatic N) is 2. The molecule has 1 aromatic rings. The summed E-state index contributed by atoms with van der Waals surface area (Å²) >= 11 is 0. The van der Waals surface area contributed by atoms with Crippen LogP contribution in [0.5, 0.6) is 0 Å². The number of halogens is 2. The van der Waals surface area contributed by atoms with Crippen LogP contribution in [0.25, 0.3) is 0 Å². The van der Waals surface area contributed by atoms with Crippen molar-refractivity contribution in [1.29, 1.82) is 5.26 Å². The Hall–Kier alpha value is -1.47. The minimum atomic E-state index is -0.578. The number of hydrogen-bond donors (Lipinski definition) is 0. The van der Waals surface area contributed by atoms with Gasteiger partial charge >= 0.3 is 0 Å². The summed E-state index contributed by atoms with van der Waals surface area (Å²) < 4.78 is 26.1. The van der Waals surface area contributed by atoms with Gasteiger partial charge in [0.2, 0.25) is 0 Å². The Kier molecular flexibility index (Phi) is 4.19. The zero-order valence-corrected chi connectivity index (χ0v) is 10.3. The second-order valence-corrected chi connectivity index (χ2v) is 4.90. The van der Waals surface area contributed by atoms with Gasteiger partial charge in [0.25, 0.3) is 0 Å². The Bertz CT molecular complexity index is 436. The fourth-order valence-corrected chi connectivity index (χ4v) is 1.71. The van der Waals surface area contributed by atoms with Gasteiger partial charge in [-0.2, -0.15) is 5.26 Å². The summed E-state index contributed by atoms with van der Waals surface area (Å²) in [6.45, 7) is 4.53. The molecule has 0 heterocycles. The highest BCUT2D eigenvalue weighted by Gasteiger charge is 2.19. The Morgan fingerprint density at radius 2 is 2.00 bits per heavy atom. The van der Waals surface area contributed by atoms with Crippen molar-refractivity contribution in [3.63, 3.8) is 0 Å². The molecule has 0 aromatic heterocycles. The molecule has 17 heavy (non-hydrogen) atoms. The molecule has 0 saturated heterocycles. The zero-order chi connectivity index (χ0) is 13.1. The molecule has 0 aliphatic rings. The van der Waals surface area contributed by atoms with Crippen LogP contribution in [0.3, 0.4) is 0 Å². The lowest BCUT2D eigenvalue weighted by Crippen LogP contribution is -2.30. The van der Waals surface area contributed by atoms with E-state index in [4.69, 9.17) is 5.26 Å². The smallest absolute Gasteiger partial charge is 0.130 e. The van der Waals surface area contributed by atoms with Crippen LogP contribution in [-0.2, 0) is 6.54 Å². The van der Waals surface area contributed by atoms with Crippen molar-refractivity contribution in [3.8, 4) is 6.07 Å². The van der Waals surface area contributed by atoms with Crippen LogP contribution in [0.1, 0.15) is 19.4 Å². The first kappa shape index (κ1) is 13.6. The summed E-state index contributed by atoms with van der Waals surface area (Å²) in [6.07, 6.45) is 0. The highest BCUT2D eigenvalue weighted by molar-refractivity contribution is 5.18. The third-order valence-corrected chi connectivity index (χ3v) is 2.42. The van der Waals surface area contributed by atoms with Crippen LogP contribution in [-0.4, -0.2) is 18.5 Å². The van der Waals surface area contributed by atoms with Gasteiger partial charge in [0, 0.05) is 24.7 Å². The number of nitriles is 1. The summed E-state index contributed by atoms with van der Waals surface area (Å²) in [5, 5.41) is 8.90. The second-order valence-electron chi connectivity index (χ2n) is 4.90. The van der Waals surface area contributed by atoms with E-state index in [0.717, 1.165) is 6.07 Å². The molecular formula is C13H16F2N2. The predicted octanol–water partition coefficient (Wildman–Crippen LogP) is 2.95. The van der Waals surface area contributed by atoms with Gasteiger partial charge in [-0.3, -0.25) is 0 Å². The van der Waals surface area contributed by atoms with Crippen LogP contribution in [0.4, 0.5) is 8.78 Å². The maximum absolute atomic E-state index is 13.4. The fraction of sp³-hybridized carbons (Fsp3) is 0.462. The molecule has 0 N–H and O–H groups in total. The molecule has 1 rings (SSSR count). The monoisotopic (exact) mass is 238 g/mol. The lowest BCUT2D eigenvalue weighted by atomic mass is 9.95. The lowest BCUT2D eigenvalue weighted by Gasteiger charge is -2.24. The summed E-state index contributed by atoms with van der Waals surface area (Å²) in [5.41, 5.74) is -0.0479. The van der Waals surface area contributed by atoms with E-state index in [9.17, 15) is 8.78 Å². The average Bonchev–Trinajstić information content (AvgIpc) is 2.21. The van der Waals surface area contributed by atoms with E-state index in [-0.39, 0.29) is 0 Å². The minimum absolute atomic E-state index is 0.358. The molecule has 0 aliphatic carbocycles. The quantitative estimate of drug-likeness (QED) is 0.806. The standard InChI is InChI=1S/C13H16F2N2/c1-13(2,8-16)9-17(3)7-10-4-5-11(14)6-12(10)15/h4-6H,7,9H2,1-3H3. The van der Waals surface area contributed by atoms with E-state index in [1.807, 2.05) is 25.8 Å². The Morgan fingerprint density at radius 1 is 1.35 bits per heavy atom. The maximum atomic E-state index is 13.4. The number of benzene rings is 1. The Balaban J connectivity index is 2.69. The van der Waals surface area contributed by atoms with Gasteiger partial charge in [0.1, 0.15) is 11.6 Å². The molecule has 0 amide bonds. The molecule has 0 bridgehead atoms. The molecular weight excluding hydrogens is 222 g/mol. The average molecular weight is 238 g/mol. The van der Waals surface area contributed by atoms with Crippen LogP contribution < -0.4 is 0 Å². The van der Waals surface area contributed by atoms with E-state index in [1.165, 1.54) is 12.1 Å². The van der Waals surface area contributed by atoms with Crippen molar-refractivity contribution in [2.45, 2.75) is 20.4 Å². The van der Waals surface area contributed by atoms with Crippen molar-refractivity contribution >= 4 is 0 Å². The van der Waals surface area contributed by atoms with Crippen LogP contribution in [0.2, 0.25) is 0 Å². The van der Waals surface area contributed by atoms with Crippen LogP contribution in [0, 0.1) is 28.4 Å². The molecule has 0 saturated carbocycles. The molecule has 1 aromatic carbocycles. The van der Waals surface area contributed by atoms with Gasteiger partial charge in [0.15, 0.2) is 0 Å². The molecule has 0 fully saturated rings. The van der Waals surface area contributed by atoms with Crippen molar-refractivity contribution in [2.24, 2.45) is 5.41 Å². The molecule has 0 radical (unpaired) electrons. The lowest BCUT2D eigenvalue weighted by molar-refractivity contribution is 0.246. The highest BCUT2D eigenvalue weighted by atomic mass is 19.1. The zero-order valence-electron chi connectivity index (χ0n) is 10.3. The SMILES string of the molecule is CN(Cc1ccc(F)cc1F)CC(C)(C)C#N. The van der Waals surface area contributed by atoms with E-state index >= 15 is 0 Å². The second kappa shape index (κ2) is 5.24. The maximum Gasteiger partial charge on any atom is 0.130 e. The minimum Gasteiger partial charge on any atom is -0.300 e. The molecule has 2 nitrogen and oxygen atoms in total. The van der Waals surface area contributed by atoms with Gasteiger partial charge in [-0.1, -0.05) is 6.07 Å². The molecule has 0 spiro atoms. The molecule has 0 aliphatic heterocycles. The van der Waals surface area contributed by atoms with Crippen molar-refractivity contribution in [3.05, 3.63) is 35.4 Å². The first-order chi connectivity index (χ1) is 7.84. The van der Waals surface area contributed by atoms with Crippen molar-refractivity contribution in [2.75, 3.05) is 13.6 Å². The summed E-state index contributed by atoms with van der Waals surface area (Å²) in [7, 11) is 1.81. The molecule has 0 atom stereocenters. The first-order valence-electron chi connectivity index (χ1n) is 5.38. The molecule has 4 heteroatoms. The highest BCUT2D eigenvalue weighted by Crippen LogP contribution is 2.17. The van der Waals surface area contributed by atoms with Crippen molar-refractivity contribution < 1.29 is 8.78 Å². The van der Waals surface area contributed by atoms with Crippen molar-refractivity contribution in [1.82, 2.24) is 4.90 Å². The Labute approximate surface area is 100 Å². The number of rotatable bonds is 4. The summed E-state index contributed by atoms with van der Waals surface area (Å²) in [5.74, 6) is -1.13. The Morgan fingerprint density at radius 3 is 2.53 bits per heavy atom. The topological polar surface area (TPSA) is 27.0 Å². The first-order valence-corrected chi connectivity index (χ1v) is 5.38. The summed E-state index contributed by atoms with van der Waals surface area (Å²) in [6, 6.07) is 5.73. The largest absolute Gasteiger partial charge is 0.300 e. The fourth-order valence-electron chi connectivity index (χ4n) is 1.71. The summed E-state index contributed by atoms with van der Waals surface area (Å²) in [4.78, 5) is 1.85. The third kappa shape index (κ3) is 4.12. The van der Waals surface area contributed by atoms with Crippen LogP contribution >= 0.6 is 0 Å². The van der Waals surface area contributed by atoms with E-state index in [0.29, 0.717) is 18.7 Å². The number of hydrogen-bond acceptors (Lipinski definition) is 2. The molecule has 0 unspecified atom stereocenters.